The summed E-state index contributed by atoms with van der Waals surface area (Å²) in [6.45, 7) is 6.04. The van der Waals surface area contributed by atoms with Crippen molar-refractivity contribution in [2.75, 3.05) is 12.4 Å². The van der Waals surface area contributed by atoms with Crippen LogP contribution in [0.15, 0.2) is 9.64 Å². The minimum atomic E-state index is -0.807. The third-order valence-electron chi connectivity index (χ3n) is 4.23. The molecule has 118 valence electrons. The third kappa shape index (κ3) is 3.61. The Hall–Kier alpha value is -1.01. The van der Waals surface area contributed by atoms with Crippen molar-refractivity contribution in [1.29, 1.82) is 0 Å². The number of carbonyl (C=O) groups is 1. The Balaban J connectivity index is 1.88. The van der Waals surface area contributed by atoms with Gasteiger partial charge in [-0.2, -0.15) is 0 Å². The van der Waals surface area contributed by atoms with Crippen LogP contribution >= 0.6 is 11.8 Å². The molecule has 6 heteroatoms. The van der Waals surface area contributed by atoms with Crippen LogP contribution in [0.1, 0.15) is 44.1 Å². The zero-order valence-electron chi connectivity index (χ0n) is 13.0. The summed E-state index contributed by atoms with van der Waals surface area (Å²) in [6.07, 6.45) is 3.57. The number of nitrogens with zero attached hydrogens (tertiary/aromatic N) is 1. The number of aryl methyl sites for hydroxylation is 2. The number of carbonyl (C=O) groups excluding carboxylic acids is 1. The second kappa shape index (κ2) is 6.83. The third-order valence-corrected chi connectivity index (χ3v) is 5.09. The van der Waals surface area contributed by atoms with Gasteiger partial charge in [0.2, 0.25) is 0 Å². The van der Waals surface area contributed by atoms with Crippen molar-refractivity contribution in [3.8, 4) is 0 Å². The highest BCUT2D eigenvalue weighted by molar-refractivity contribution is 7.99. The van der Waals surface area contributed by atoms with E-state index in [9.17, 15) is 4.79 Å². The zero-order valence-corrected chi connectivity index (χ0v) is 13.8. The topological polar surface area (TPSA) is 78.4 Å². The fraction of sp³-hybridized carbons (Fsp3) is 0.733. The number of hydrogen-bond donors (Lipinski definition) is 1. The summed E-state index contributed by atoms with van der Waals surface area (Å²) in [5.74, 6) is 1.64. The van der Waals surface area contributed by atoms with Gasteiger partial charge in [0.05, 0.1) is 12.3 Å². The second-order valence-corrected chi connectivity index (χ2v) is 6.65. The van der Waals surface area contributed by atoms with Crippen LogP contribution < -0.4 is 5.73 Å². The molecule has 0 radical (unpaired) electrons. The molecule has 2 atom stereocenters. The molecule has 0 aromatic carbocycles. The van der Waals surface area contributed by atoms with E-state index >= 15 is 0 Å². The molecule has 0 bridgehead atoms. The summed E-state index contributed by atoms with van der Waals surface area (Å²) >= 11 is 1.58. The first-order valence-corrected chi connectivity index (χ1v) is 8.49. The largest absolute Gasteiger partial charge is 0.465 e. The predicted octanol–water partition coefficient (Wildman–Crippen LogP) is 2.83. The van der Waals surface area contributed by atoms with Gasteiger partial charge in [0.1, 0.15) is 11.3 Å². The van der Waals surface area contributed by atoms with Crippen LogP contribution in [0.5, 0.6) is 0 Å². The van der Waals surface area contributed by atoms with Gasteiger partial charge in [-0.1, -0.05) is 18.2 Å². The monoisotopic (exact) mass is 312 g/mol. The molecule has 0 saturated heterocycles. The average molecular weight is 312 g/mol. The van der Waals surface area contributed by atoms with Gasteiger partial charge in [-0.05, 0) is 46.0 Å². The maximum absolute atomic E-state index is 12.1. The molecule has 1 saturated carbocycles. The number of hydrogen-bond acceptors (Lipinski definition) is 6. The summed E-state index contributed by atoms with van der Waals surface area (Å²) in [7, 11) is 0. The van der Waals surface area contributed by atoms with Crippen molar-refractivity contribution in [2.45, 2.75) is 57.2 Å². The van der Waals surface area contributed by atoms with Gasteiger partial charge < -0.3 is 14.9 Å². The SMILES string of the molecule is CCOC(=O)C1(N)CCCC1CCSc1nc(C)c(C)o1. The van der Waals surface area contributed by atoms with Crippen LogP contribution in [0.3, 0.4) is 0 Å². The standard InChI is InChI=1S/C15H24N2O3S/c1-4-19-13(18)15(16)8-5-6-12(15)7-9-21-14-17-10(2)11(3)20-14/h12H,4-9,16H2,1-3H3. The Morgan fingerprint density at radius 2 is 2.33 bits per heavy atom. The normalized spacial score (nSPS) is 25.2. The van der Waals surface area contributed by atoms with Gasteiger partial charge in [-0.25, -0.2) is 4.98 Å². The van der Waals surface area contributed by atoms with E-state index in [1.165, 1.54) is 0 Å². The predicted molar refractivity (Wildman–Crippen MR) is 82.2 cm³/mol. The first-order chi connectivity index (χ1) is 9.97. The Bertz CT molecular complexity index is 484. The molecule has 1 fully saturated rings. The van der Waals surface area contributed by atoms with Crippen molar-refractivity contribution in [1.82, 2.24) is 4.98 Å². The van der Waals surface area contributed by atoms with Crippen molar-refractivity contribution in [2.24, 2.45) is 11.7 Å². The van der Waals surface area contributed by atoms with Crippen molar-refractivity contribution in [3.05, 3.63) is 11.5 Å². The molecule has 2 rings (SSSR count). The first kappa shape index (κ1) is 16.4. The van der Waals surface area contributed by atoms with Crippen LogP contribution in [0.25, 0.3) is 0 Å². The molecule has 1 aliphatic rings. The summed E-state index contributed by atoms with van der Waals surface area (Å²) in [6, 6.07) is 0. The lowest BCUT2D eigenvalue weighted by atomic mass is 9.86. The molecule has 21 heavy (non-hydrogen) atoms. The minimum absolute atomic E-state index is 0.182. The summed E-state index contributed by atoms with van der Waals surface area (Å²) in [4.78, 5) is 16.4. The fourth-order valence-corrected chi connectivity index (χ4v) is 3.79. The van der Waals surface area contributed by atoms with Gasteiger partial charge in [0.15, 0.2) is 0 Å². The molecule has 0 amide bonds. The molecule has 1 aromatic heterocycles. The van der Waals surface area contributed by atoms with Crippen LogP contribution in [0.2, 0.25) is 0 Å². The summed E-state index contributed by atoms with van der Waals surface area (Å²) in [5, 5.41) is 0.696. The number of nitrogens with two attached hydrogens (primary N) is 1. The van der Waals surface area contributed by atoms with E-state index in [0.717, 1.165) is 42.9 Å². The maximum Gasteiger partial charge on any atom is 0.326 e. The molecule has 0 aliphatic heterocycles. The van der Waals surface area contributed by atoms with E-state index in [4.69, 9.17) is 14.9 Å². The summed E-state index contributed by atoms with van der Waals surface area (Å²) < 4.78 is 10.7. The molecule has 1 heterocycles. The van der Waals surface area contributed by atoms with Crippen LogP contribution in [0.4, 0.5) is 0 Å². The number of rotatable bonds is 6. The molecule has 1 aromatic rings. The molecular weight excluding hydrogens is 288 g/mol. The smallest absolute Gasteiger partial charge is 0.326 e. The van der Waals surface area contributed by atoms with Crippen molar-refractivity contribution >= 4 is 17.7 Å². The number of aromatic nitrogens is 1. The highest BCUT2D eigenvalue weighted by Crippen LogP contribution is 2.38. The highest BCUT2D eigenvalue weighted by Gasteiger charge is 2.46. The van der Waals surface area contributed by atoms with Crippen LogP contribution in [0, 0.1) is 19.8 Å². The summed E-state index contributed by atoms with van der Waals surface area (Å²) in [5.41, 5.74) is 6.44. The van der Waals surface area contributed by atoms with Crippen molar-refractivity contribution < 1.29 is 13.9 Å². The van der Waals surface area contributed by atoms with Crippen LogP contribution in [-0.2, 0) is 9.53 Å². The van der Waals surface area contributed by atoms with E-state index in [-0.39, 0.29) is 11.9 Å². The van der Waals surface area contributed by atoms with E-state index < -0.39 is 5.54 Å². The van der Waals surface area contributed by atoms with Gasteiger partial charge in [-0.15, -0.1) is 0 Å². The lowest BCUT2D eigenvalue weighted by Gasteiger charge is -2.28. The maximum atomic E-state index is 12.1. The van der Waals surface area contributed by atoms with Crippen LogP contribution in [-0.4, -0.2) is 28.9 Å². The van der Waals surface area contributed by atoms with Gasteiger partial charge in [0.25, 0.3) is 5.22 Å². The fourth-order valence-electron chi connectivity index (χ4n) is 2.83. The first-order valence-electron chi connectivity index (χ1n) is 7.50. The van der Waals surface area contributed by atoms with E-state index in [2.05, 4.69) is 4.98 Å². The molecule has 2 unspecified atom stereocenters. The van der Waals surface area contributed by atoms with E-state index in [0.29, 0.717) is 11.8 Å². The Morgan fingerprint density at radius 3 is 2.95 bits per heavy atom. The number of thioether (sulfide) groups is 1. The number of oxazole rings is 1. The average Bonchev–Trinajstić information content (AvgIpc) is 2.95. The molecule has 0 spiro atoms. The zero-order chi connectivity index (χ0) is 15.5. The minimum Gasteiger partial charge on any atom is -0.465 e. The molecule has 1 aliphatic carbocycles. The van der Waals surface area contributed by atoms with Crippen molar-refractivity contribution in [3.63, 3.8) is 0 Å². The molecular formula is C15H24N2O3S. The number of esters is 1. The molecule has 5 nitrogen and oxygen atoms in total. The van der Waals surface area contributed by atoms with E-state index in [1.54, 1.807) is 11.8 Å². The lowest BCUT2D eigenvalue weighted by molar-refractivity contribution is -0.151. The Morgan fingerprint density at radius 1 is 1.57 bits per heavy atom. The quantitative estimate of drug-likeness (QED) is 0.643. The lowest BCUT2D eigenvalue weighted by Crippen LogP contribution is -2.52. The molecule has 2 N–H and O–H groups in total. The van der Waals surface area contributed by atoms with Gasteiger partial charge in [-0.3, -0.25) is 4.79 Å². The van der Waals surface area contributed by atoms with E-state index in [1.807, 2.05) is 20.8 Å². The Kier molecular flexibility index (Phi) is 5.32. The highest BCUT2D eigenvalue weighted by atomic mass is 32.2. The Labute approximate surface area is 130 Å². The number of ether oxygens (including phenoxy) is 1. The van der Waals surface area contributed by atoms with Gasteiger partial charge in [0, 0.05) is 5.75 Å². The van der Waals surface area contributed by atoms with Gasteiger partial charge >= 0.3 is 5.97 Å². The second-order valence-electron chi connectivity index (χ2n) is 5.61.